The third-order valence-electron chi connectivity index (χ3n) is 2.69. The van der Waals surface area contributed by atoms with E-state index in [1.54, 1.807) is 23.5 Å². The molecule has 1 heterocycles. The van der Waals surface area contributed by atoms with E-state index < -0.39 is 0 Å². The number of thiazole rings is 1. The monoisotopic (exact) mass is 313 g/mol. The number of anilines is 1. The maximum absolute atomic E-state index is 5.98. The minimum absolute atomic E-state index is 0.523. The molecular formula is C13H13Cl2N3S. The van der Waals surface area contributed by atoms with E-state index in [1.807, 2.05) is 26.8 Å². The first-order valence-corrected chi connectivity index (χ1v) is 7.24. The molecule has 1 aromatic carbocycles. The predicted molar refractivity (Wildman–Crippen MR) is 83.9 cm³/mol. The molecule has 0 saturated carbocycles. The van der Waals surface area contributed by atoms with Gasteiger partial charge in [-0.15, -0.1) is 11.3 Å². The molecule has 0 bridgehead atoms. The summed E-state index contributed by atoms with van der Waals surface area (Å²) in [5.74, 6) is 0. The smallest absolute Gasteiger partial charge is 0.203 e. The predicted octanol–water partition coefficient (Wildman–Crippen LogP) is 4.90. The fourth-order valence-electron chi connectivity index (χ4n) is 1.44. The molecule has 0 atom stereocenters. The van der Waals surface area contributed by atoms with Crippen molar-refractivity contribution in [3.8, 4) is 0 Å². The minimum Gasteiger partial charge on any atom is -0.252 e. The van der Waals surface area contributed by atoms with Gasteiger partial charge in [0, 0.05) is 4.88 Å². The van der Waals surface area contributed by atoms with Crippen LogP contribution in [0, 0.1) is 13.8 Å². The maximum Gasteiger partial charge on any atom is 0.203 e. The van der Waals surface area contributed by atoms with Gasteiger partial charge in [0.25, 0.3) is 0 Å². The summed E-state index contributed by atoms with van der Waals surface area (Å²) in [6.45, 7) is 5.92. The van der Waals surface area contributed by atoms with Crippen LogP contribution in [-0.4, -0.2) is 10.7 Å². The Balaban J connectivity index is 2.16. The summed E-state index contributed by atoms with van der Waals surface area (Å²) in [5, 5.41) is 6.15. The van der Waals surface area contributed by atoms with Crippen LogP contribution in [0.4, 0.5) is 5.13 Å². The lowest BCUT2D eigenvalue weighted by atomic mass is 10.1. The van der Waals surface area contributed by atoms with E-state index in [2.05, 4.69) is 15.5 Å². The Labute approximate surface area is 126 Å². The highest BCUT2D eigenvalue weighted by atomic mass is 35.5. The largest absolute Gasteiger partial charge is 0.252 e. The van der Waals surface area contributed by atoms with Crippen molar-refractivity contribution in [3.63, 3.8) is 0 Å². The van der Waals surface area contributed by atoms with Gasteiger partial charge in [0.1, 0.15) is 0 Å². The summed E-state index contributed by atoms with van der Waals surface area (Å²) < 4.78 is 0. The van der Waals surface area contributed by atoms with Crippen LogP contribution in [0.15, 0.2) is 23.3 Å². The topological polar surface area (TPSA) is 37.3 Å². The number of nitrogens with zero attached hydrogens (tertiary/aromatic N) is 2. The molecule has 0 radical (unpaired) electrons. The molecule has 2 rings (SSSR count). The first-order valence-electron chi connectivity index (χ1n) is 5.67. The van der Waals surface area contributed by atoms with Crippen LogP contribution < -0.4 is 5.43 Å². The number of aromatic nitrogens is 1. The van der Waals surface area contributed by atoms with Gasteiger partial charge < -0.3 is 0 Å². The molecule has 19 heavy (non-hydrogen) atoms. The Morgan fingerprint density at radius 3 is 2.58 bits per heavy atom. The summed E-state index contributed by atoms with van der Waals surface area (Å²) in [4.78, 5) is 5.55. The van der Waals surface area contributed by atoms with E-state index in [4.69, 9.17) is 23.2 Å². The molecule has 0 spiro atoms. The van der Waals surface area contributed by atoms with E-state index in [9.17, 15) is 0 Å². The van der Waals surface area contributed by atoms with E-state index in [-0.39, 0.29) is 0 Å². The highest BCUT2D eigenvalue weighted by molar-refractivity contribution is 7.15. The van der Waals surface area contributed by atoms with Crippen molar-refractivity contribution in [2.75, 3.05) is 5.43 Å². The second-order valence-electron chi connectivity index (χ2n) is 4.10. The fraction of sp³-hybridized carbons (Fsp3) is 0.231. The van der Waals surface area contributed by atoms with E-state index in [0.717, 1.165) is 22.1 Å². The van der Waals surface area contributed by atoms with Gasteiger partial charge in [0.15, 0.2) is 0 Å². The second-order valence-corrected chi connectivity index (χ2v) is 6.12. The number of nitrogens with one attached hydrogen (secondary N) is 1. The van der Waals surface area contributed by atoms with Gasteiger partial charge in [-0.3, -0.25) is 5.43 Å². The number of halogens is 2. The van der Waals surface area contributed by atoms with Crippen LogP contribution in [0.2, 0.25) is 10.0 Å². The SMILES string of the molecule is C/C(=N/Nc1nc(C)c(C)s1)c1ccc(Cl)c(Cl)c1. The first kappa shape index (κ1) is 14.3. The lowest BCUT2D eigenvalue weighted by molar-refractivity contribution is 1.19. The quantitative estimate of drug-likeness (QED) is 0.646. The number of hydrogen-bond donors (Lipinski definition) is 1. The van der Waals surface area contributed by atoms with Crippen LogP contribution in [-0.2, 0) is 0 Å². The van der Waals surface area contributed by atoms with Crippen molar-refractivity contribution in [1.29, 1.82) is 0 Å². The number of rotatable bonds is 3. The van der Waals surface area contributed by atoms with Gasteiger partial charge in [0.2, 0.25) is 5.13 Å². The molecule has 0 aliphatic carbocycles. The van der Waals surface area contributed by atoms with Gasteiger partial charge >= 0.3 is 0 Å². The molecule has 0 saturated heterocycles. The minimum atomic E-state index is 0.523. The third-order valence-corrected chi connectivity index (χ3v) is 4.40. The first-order chi connectivity index (χ1) is 8.97. The summed E-state index contributed by atoms with van der Waals surface area (Å²) >= 11 is 13.4. The number of hydrogen-bond acceptors (Lipinski definition) is 4. The normalized spacial score (nSPS) is 11.7. The van der Waals surface area contributed by atoms with Crippen molar-refractivity contribution in [2.24, 2.45) is 5.10 Å². The number of hydrazone groups is 1. The van der Waals surface area contributed by atoms with E-state index in [0.29, 0.717) is 10.0 Å². The van der Waals surface area contributed by atoms with Crippen LogP contribution in [0.3, 0.4) is 0 Å². The Morgan fingerprint density at radius 2 is 2.00 bits per heavy atom. The van der Waals surface area contributed by atoms with E-state index in [1.165, 1.54) is 4.88 Å². The van der Waals surface area contributed by atoms with Gasteiger partial charge in [-0.1, -0.05) is 29.3 Å². The number of benzene rings is 1. The second kappa shape index (κ2) is 5.90. The molecule has 0 fully saturated rings. The Morgan fingerprint density at radius 1 is 1.26 bits per heavy atom. The standard InChI is InChI=1S/C13H13Cl2N3S/c1-7-9(3)19-13(16-7)18-17-8(2)10-4-5-11(14)12(15)6-10/h4-6H,1-3H3,(H,16,18)/b17-8-. The van der Waals surface area contributed by atoms with Gasteiger partial charge in [-0.25, -0.2) is 4.98 Å². The highest BCUT2D eigenvalue weighted by Crippen LogP contribution is 2.24. The molecule has 100 valence electrons. The molecule has 0 amide bonds. The molecule has 2 aromatic rings. The summed E-state index contributed by atoms with van der Waals surface area (Å²) in [5.41, 5.74) is 5.73. The average molecular weight is 314 g/mol. The molecule has 6 heteroatoms. The van der Waals surface area contributed by atoms with Crippen molar-refractivity contribution in [3.05, 3.63) is 44.4 Å². The van der Waals surface area contributed by atoms with E-state index >= 15 is 0 Å². The van der Waals surface area contributed by atoms with Crippen molar-refractivity contribution >= 4 is 45.4 Å². The van der Waals surface area contributed by atoms with Gasteiger partial charge in [0.05, 0.1) is 21.5 Å². The fourth-order valence-corrected chi connectivity index (χ4v) is 2.49. The average Bonchev–Trinajstić information content (AvgIpc) is 2.69. The zero-order valence-electron chi connectivity index (χ0n) is 10.8. The molecule has 1 aromatic heterocycles. The van der Waals surface area contributed by atoms with Gasteiger partial charge in [-0.2, -0.15) is 5.10 Å². The molecule has 3 nitrogen and oxygen atoms in total. The van der Waals surface area contributed by atoms with Crippen LogP contribution in [0.1, 0.15) is 23.1 Å². The Bertz CT molecular complexity index is 615. The summed E-state index contributed by atoms with van der Waals surface area (Å²) in [6, 6.07) is 5.44. The number of aryl methyl sites for hydroxylation is 2. The summed E-state index contributed by atoms with van der Waals surface area (Å²) in [7, 11) is 0. The zero-order valence-corrected chi connectivity index (χ0v) is 13.1. The molecule has 0 unspecified atom stereocenters. The lowest BCUT2D eigenvalue weighted by Gasteiger charge is -2.03. The van der Waals surface area contributed by atoms with Crippen LogP contribution >= 0.6 is 34.5 Å². The highest BCUT2D eigenvalue weighted by Gasteiger charge is 2.04. The molecule has 1 N–H and O–H groups in total. The van der Waals surface area contributed by atoms with Crippen molar-refractivity contribution < 1.29 is 0 Å². The summed E-state index contributed by atoms with van der Waals surface area (Å²) in [6.07, 6.45) is 0. The lowest BCUT2D eigenvalue weighted by Crippen LogP contribution is -1.99. The molecular weight excluding hydrogens is 301 g/mol. The van der Waals surface area contributed by atoms with Gasteiger partial charge in [-0.05, 0) is 38.5 Å². The third kappa shape index (κ3) is 3.47. The maximum atomic E-state index is 5.98. The van der Waals surface area contributed by atoms with Crippen molar-refractivity contribution in [2.45, 2.75) is 20.8 Å². The van der Waals surface area contributed by atoms with Crippen LogP contribution in [0.25, 0.3) is 0 Å². The molecule has 0 aliphatic heterocycles. The van der Waals surface area contributed by atoms with Crippen molar-refractivity contribution in [1.82, 2.24) is 4.98 Å². The molecule has 0 aliphatic rings. The Kier molecular flexibility index (Phi) is 4.45. The Hall–Kier alpha value is -1.10. The zero-order chi connectivity index (χ0) is 14.0. The van der Waals surface area contributed by atoms with Crippen LogP contribution in [0.5, 0.6) is 0 Å².